The maximum atomic E-state index is 11.9. The Hall–Kier alpha value is -1.10. The number of rotatable bonds is 4. The third-order valence-electron chi connectivity index (χ3n) is 2.51. The van der Waals surface area contributed by atoms with Crippen LogP contribution in [0.3, 0.4) is 0 Å². The Kier molecular flexibility index (Phi) is 4.80. The van der Waals surface area contributed by atoms with Crippen LogP contribution in [0.2, 0.25) is 10.0 Å². The van der Waals surface area contributed by atoms with Crippen LogP contribution in [0.1, 0.15) is 21.1 Å². The highest BCUT2D eigenvalue weighted by atomic mass is 35.5. The average Bonchev–Trinajstić information content (AvgIpc) is 2.75. The van der Waals surface area contributed by atoms with Crippen LogP contribution in [0.25, 0.3) is 0 Å². The lowest BCUT2D eigenvalue weighted by molar-refractivity contribution is 0.0954. The van der Waals surface area contributed by atoms with Gasteiger partial charge in [0.1, 0.15) is 0 Å². The zero-order valence-corrected chi connectivity index (χ0v) is 12.6. The first-order valence-corrected chi connectivity index (χ1v) is 7.34. The number of halogens is 2. The summed E-state index contributed by atoms with van der Waals surface area (Å²) in [5.74, 6) is -0.200. The molecule has 0 bridgehead atoms. The van der Waals surface area contributed by atoms with Crippen LogP contribution < -0.4 is 5.32 Å². The minimum atomic E-state index is -0.200. The molecule has 0 aliphatic heterocycles. The van der Waals surface area contributed by atoms with Gasteiger partial charge >= 0.3 is 0 Å². The van der Waals surface area contributed by atoms with Crippen molar-refractivity contribution in [1.82, 2.24) is 10.3 Å². The molecule has 0 aliphatic carbocycles. The molecule has 0 saturated heterocycles. The normalized spacial score (nSPS) is 10.5. The number of benzene rings is 1. The maximum Gasteiger partial charge on any atom is 0.252 e. The van der Waals surface area contributed by atoms with Gasteiger partial charge in [-0.15, -0.1) is 11.3 Å². The molecule has 1 heterocycles. The first-order chi connectivity index (χ1) is 9.06. The fraction of sp³-hybridized carbons (Fsp3) is 0.231. The molecule has 1 aromatic carbocycles. The quantitative estimate of drug-likeness (QED) is 0.934. The molecule has 2 aromatic rings. The van der Waals surface area contributed by atoms with Crippen LogP contribution in [0.4, 0.5) is 0 Å². The number of nitrogens with zero attached hydrogens (tertiary/aromatic N) is 1. The molecule has 3 nitrogen and oxygen atoms in total. The summed E-state index contributed by atoms with van der Waals surface area (Å²) >= 11 is 13.4. The van der Waals surface area contributed by atoms with Gasteiger partial charge in [0.25, 0.3) is 5.91 Å². The molecule has 0 unspecified atom stereocenters. The predicted octanol–water partition coefficient (Wildman–Crippen LogP) is 3.73. The van der Waals surface area contributed by atoms with E-state index < -0.39 is 0 Å². The number of thiazole rings is 1. The second-order valence-corrected chi connectivity index (χ2v) is 5.89. The Morgan fingerprint density at radius 3 is 2.84 bits per heavy atom. The van der Waals surface area contributed by atoms with Crippen molar-refractivity contribution in [3.05, 3.63) is 49.9 Å². The minimum Gasteiger partial charge on any atom is -0.352 e. The van der Waals surface area contributed by atoms with E-state index in [1.54, 1.807) is 29.5 Å². The SMILES string of the molecule is Cc1nc(CCNC(=O)c2ccc(Cl)cc2Cl)cs1. The smallest absolute Gasteiger partial charge is 0.252 e. The highest BCUT2D eigenvalue weighted by Gasteiger charge is 2.10. The Bertz CT molecular complexity index is 598. The van der Waals surface area contributed by atoms with Gasteiger partial charge in [-0.05, 0) is 25.1 Å². The third-order valence-corrected chi connectivity index (χ3v) is 3.88. The molecule has 100 valence electrons. The molecule has 1 amide bonds. The summed E-state index contributed by atoms with van der Waals surface area (Å²) in [6.07, 6.45) is 0.710. The highest BCUT2D eigenvalue weighted by molar-refractivity contribution is 7.09. The van der Waals surface area contributed by atoms with E-state index in [1.807, 2.05) is 12.3 Å². The first-order valence-electron chi connectivity index (χ1n) is 5.70. The van der Waals surface area contributed by atoms with Crippen LogP contribution in [-0.2, 0) is 6.42 Å². The maximum absolute atomic E-state index is 11.9. The molecule has 0 fully saturated rings. The van der Waals surface area contributed by atoms with Gasteiger partial charge in [0.05, 0.1) is 21.3 Å². The van der Waals surface area contributed by atoms with Crippen molar-refractivity contribution in [2.45, 2.75) is 13.3 Å². The van der Waals surface area contributed by atoms with E-state index in [9.17, 15) is 4.79 Å². The Labute approximate surface area is 125 Å². The molecule has 0 aliphatic rings. The van der Waals surface area contributed by atoms with Crippen LogP contribution in [0.5, 0.6) is 0 Å². The Morgan fingerprint density at radius 1 is 1.42 bits per heavy atom. The van der Waals surface area contributed by atoms with E-state index in [1.165, 1.54) is 0 Å². The van der Waals surface area contributed by atoms with Crippen molar-refractivity contribution >= 4 is 40.4 Å². The summed E-state index contributed by atoms with van der Waals surface area (Å²) in [5, 5.41) is 6.71. The van der Waals surface area contributed by atoms with Gasteiger partial charge in [-0.2, -0.15) is 0 Å². The topological polar surface area (TPSA) is 42.0 Å². The number of amides is 1. The lowest BCUT2D eigenvalue weighted by Crippen LogP contribution is -2.26. The van der Waals surface area contributed by atoms with Crippen molar-refractivity contribution < 1.29 is 4.79 Å². The second-order valence-electron chi connectivity index (χ2n) is 3.99. The molecule has 2 rings (SSSR count). The number of carbonyl (C=O) groups excluding carboxylic acids is 1. The molecule has 19 heavy (non-hydrogen) atoms. The summed E-state index contributed by atoms with van der Waals surface area (Å²) in [4.78, 5) is 16.2. The van der Waals surface area contributed by atoms with Gasteiger partial charge in [0, 0.05) is 23.4 Å². The zero-order valence-electron chi connectivity index (χ0n) is 10.2. The average molecular weight is 315 g/mol. The van der Waals surface area contributed by atoms with Crippen LogP contribution in [0, 0.1) is 6.92 Å². The minimum absolute atomic E-state index is 0.200. The number of aromatic nitrogens is 1. The van der Waals surface area contributed by atoms with E-state index in [0.29, 0.717) is 28.6 Å². The van der Waals surface area contributed by atoms with Crippen molar-refractivity contribution in [3.63, 3.8) is 0 Å². The summed E-state index contributed by atoms with van der Waals surface area (Å²) < 4.78 is 0. The van der Waals surface area contributed by atoms with Gasteiger partial charge in [-0.3, -0.25) is 4.79 Å². The summed E-state index contributed by atoms with van der Waals surface area (Å²) in [7, 11) is 0. The third kappa shape index (κ3) is 3.93. The van der Waals surface area contributed by atoms with Crippen molar-refractivity contribution in [1.29, 1.82) is 0 Å². The number of nitrogens with one attached hydrogen (secondary N) is 1. The van der Waals surface area contributed by atoms with Gasteiger partial charge in [-0.25, -0.2) is 4.98 Å². The molecule has 1 aromatic heterocycles. The summed E-state index contributed by atoms with van der Waals surface area (Å²) in [6, 6.07) is 4.82. The fourth-order valence-electron chi connectivity index (χ4n) is 1.60. The lowest BCUT2D eigenvalue weighted by Gasteiger charge is -2.06. The summed E-state index contributed by atoms with van der Waals surface area (Å²) in [5.41, 5.74) is 1.42. The number of hydrogen-bond donors (Lipinski definition) is 1. The van der Waals surface area contributed by atoms with Crippen LogP contribution >= 0.6 is 34.5 Å². The molecule has 1 N–H and O–H groups in total. The predicted molar refractivity (Wildman–Crippen MR) is 79.4 cm³/mol. The first kappa shape index (κ1) is 14.3. The van der Waals surface area contributed by atoms with Gasteiger partial charge < -0.3 is 5.32 Å². The number of aryl methyl sites for hydroxylation is 1. The second kappa shape index (κ2) is 6.37. The highest BCUT2D eigenvalue weighted by Crippen LogP contribution is 2.20. The van der Waals surface area contributed by atoms with Crippen molar-refractivity contribution in [3.8, 4) is 0 Å². The molecular formula is C13H12Cl2N2OS. The number of carbonyl (C=O) groups is 1. The lowest BCUT2D eigenvalue weighted by atomic mass is 10.2. The molecular weight excluding hydrogens is 303 g/mol. The van der Waals surface area contributed by atoms with E-state index >= 15 is 0 Å². The van der Waals surface area contributed by atoms with Gasteiger partial charge in [-0.1, -0.05) is 23.2 Å². The van der Waals surface area contributed by atoms with Crippen molar-refractivity contribution in [2.24, 2.45) is 0 Å². The van der Waals surface area contributed by atoms with Gasteiger partial charge in [0.2, 0.25) is 0 Å². The van der Waals surface area contributed by atoms with Crippen molar-refractivity contribution in [2.75, 3.05) is 6.54 Å². The Morgan fingerprint density at radius 2 is 2.21 bits per heavy atom. The van der Waals surface area contributed by atoms with Crippen LogP contribution in [0.15, 0.2) is 23.6 Å². The van der Waals surface area contributed by atoms with E-state index in [4.69, 9.17) is 23.2 Å². The molecule has 0 atom stereocenters. The van der Waals surface area contributed by atoms with E-state index in [0.717, 1.165) is 10.7 Å². The van der Waals surface area contributed by atoms with Gasteiger partial charge in [0.15, 0.2) is 0 Å². The Balaban J connectivity index is 1.90. The molecule has 0 radical (unpaired) electrons. The molecule has 0 spiro atoms. The number of hydrogen-bond acceptors (Lipinski definition) is 3. The molecule has 6 heteroatoms. The molecule has 0 saturated carbocycles. The van der Waals surface area contributed by atoms with Crippen LogP contribution in [-0.4, -0.2) is 17.4 Å². The largest absolute Gasteiger partial charge is 0.352 e. The van der Waals surface area contributed by atoms with E-state index in [2.05, 4.69) is 10.3 Å². The zero-order chi connectivity index (χ0) is 13.8. The van der Waals surface area contributed by atoms with E-state index in [-0.39, 0.29) is 5.91 Å². The standard InChI is InChI=1S/C13H12Cl2N2OS/c1-8-17-10(7-19-8)4-5-16-13(18)11-3-2-9(14)6-12(11)15/h2-3,6-7H,4-5H2,1H3,(H,16,18). The monoisotopic (exact) mass is 314 g/mol. The summed E-state index contributed by atoms with van der Waals surface area (Å²) in [6.45, 7) is 2.49. The fourth-order valence-corrected chi connectivity index (χ4v) is 2.74.